The molecule has 1 aliphatic rings. The smallest absolute Gasteiger partial charge is 0.320 e. The largest absolute Gasteiger partial charge is 0.322 e. The minimum Gasteiger partial charge on any atom is -0.322 e. The highest BCUT2D eigenvalue weighted by molar-refractivity contribution is 5.89. The van der Waals surface area contributed by atoms with Crippen LogP contribution in [0.25, 0.3) is 0 Å². The van der Waals surface area contributed by atoms with Gasteiger partial charge in [-0.15, -0.1) is 0 Å². The maximum absolute atomic E-state index is 11.7. The van der Waals surface area contributed by atoms with Crippen LogP contribution in [0.1, 0.15) is 18.4 Å². The molecule has 0 radical (unpaired) electrons. The van der Waals surface area contributed by atoms with Crippen LogP contribution in [0.3, 0.4) is 0 Å². The minimum atomic E-state index is -0.361. The molecule has 2 N–H and O–H groups in total. The lowest BCUT2D eigenvalue weighted by Gasteiger charge is -2.11. The predicted molar refractivity (Wildman–Crippen MR) is 65.5 cm³/mol. The highest BCUT2D eigenvalue weighted by Crippen LogP contribution is 2.32. The first-order valence-electron chi connectivity index (χ1n) is 5.73. The Bertz CT molecular complexity index is 460. The van der Waals surface area contributed by atoms with Crippen molar-refractivity contribution in [2.24, 2.45) is 5.92 Å². The summed E-state index contributed by atoms with van der Waals surface area (Å²) in [7, 11) is 0. The molecule has 88 valence electrons. The number of nitrogens with zero attached hydrogens (tertiary/aromatic N) is 1. The number of carbonyl (C=O) groups is 1. The standard InChI is InChI=1S/C13H15N3O/c1-9-3-2-4-11(7-9)15-13(17)16-12(8-14)10-5-6-10/h2-4,7,10,12H,5-6H2,1H3,(H2,15,16,17). The molecule has 1 aromatic carbocycles. The van der Waals surface area contributed by atoms with Crippen LogP contribution in [-0.4, -0.2) is 12.1 Å². The van der Waals surface area contributed by atoms with Crippen LogP contribution in [0.5, 0.6) is 0 Å². The summed E-state index contributed by atoms with van der Waals surface area (Å²) >= 11 is 0. The first kappa shape index (κ1) is 11.5. The number of rotatable bonds is 3. The summed E-state index contributed by atoms with van der Waals surface area (Å²) in [6.07, 6.45) is 2.06. The van der Waals surface area contributed by atoms with Crippen LogP contribution in [-0.2, 0) is 0 Å². The van der Waals surface area contributed by atoms with Crippen molar-refractivity contribution in [1.82, 2.24) is 5.32 Å². The molecule has 4 heteroatoms. The summed E-state index contributed by atoms with van der Waals surface area (Å²) in [5.41, 5.74) is 1.83. The molecule has 0 aliphatic heterocycles. The van der Waals surface area contributed by atoms with Gasteiger partial charge in [-0.05, 0) is 43.4 Å². The summed E-state index contributed by atoms with van der Waals surface area (Å²) < 4.78 is 0. The van der Waals surface area contributed by atoms with Crippen LogP contribution < -0.4 is 10.6 Å². The quantitative estimate of drug-likeness (QED) is 0.836. The van der Waals surface area contributed by atoms with Crippen molar-refractivity contribution in [3.63, 3.8) is 0 Å². The van der Waals surface area contributed by atoms with Gasteiger partial charge in [0.05, 0.1) is 6.07 Å². The fourth-order valence-electron chi connectivity index (χ4n) is 1.72. The lowest BCUT2D eigenvalue weighted by atomic mass is 10.2. The zero-order valence-corrected chi connectivity index (χ0v) is 9.73. The number of hydrogen-bond donors (Lipinski definition) is 2. The molecule has 2 amide bonds. The maximum atomic E-state index is 11.7. The van der Waals surface area contributed by atoms with E-state index in [9.17, 15) is 4.79 Å². The average molecular weight is 229 g/mol. The first-order valence-corrected chi connectivity index (χ1v) is 5.73. The molecule has 4 nitrogen and oxygen atoms in total. The number of benzene rings is 1. The van der Waals surface area contributed by atoms with Gasteiger partial charge in [-0.25, -0.2) is 4.79 Å². The third-order valence-electron chi connectivity index (χ3n) is 2.80. The number of urea groups is 1. The fourth-order valence-corrected chi connectivity index (χ4v) is 1.72. The van der Waals surface area contributed by atoms with Crippen molar-refractivity contribution in [3.05, 3.63) is 29.8 Å². The van der Waals surface area contributed by atoms with Crippen LogP contribution in [0.15, 0.2) is 24.3 Å². The van der Waals surface area contributed by atoms with E-state index in [2.05, 4.69) is 16.7 Å². The number of nitriles is 1. The highest BCUT2D eigenvalue weighted by Gasteiger charge is 2.32. The molecular weight excluding hydrogens is 214 g/mol. The third kappa shape index (κ3) is 3.22. The molecule has 1 atom stereocenters. The van der Waals surface area contributed by atoms with Crippen molar-refractivity contribution >= 4 is 11.7 Å². The summed E-state index contributed by atoms with van der Waals surface area (Å²) in [5, 5.41) is 14.3. The average Bonchev–Trinajstić information content (AvgIpc) is 3.09. The van der Waals surface area contributed by atoms with Gasteiger partial charge < -0.3 is 10.6 Å². The Kier molecular flexibility index (Phi) is 3.29. The monoisotopic (exact) mass is 229 g/mol. The van der Waals surface area contributed by atoms with Gasteiger partial charge in [0.1, 0.15) is 6.04 Å². The van der Waals surface area contributed by atoms with E-state index in [1.54, 1.807) is 0 Å². The molecule has 1 unspecified atom stereocenters. The first-order chi connectivity index (χ1) is 8.19. The van der Waals surface area contributed by atoms with E-state index < -0.39 is 0 Å². The number of nitrogens with one attached hydrogen (secondary N) is 2. The van der Waals surface area contributed by atoms with E-state index in [0.29, 0.717) is 5.92 Å². The molecule has 0 spiro atoms. The van der Waals surface area contributed by atoms with Crippen molar-refractivity contribution in [1.29, 1.82) is 5.26 Å². The number of carbonyl (C=O) groups excluding carboxylic acids is 1. The second kappa shape index (κ2) is 4.88. The Morgan fingerprint density at radius 1 is 1.53 bits per heavy atom. The zero-order chi connectivity index (χ0) is 12.3. The second-order valence-corrected chi connectivity index (χ2v) is 4.41. The van der Waals surface area contributed by atoms with E-state index in [1.165, 1.54) is 0 Å². The number of anilines is 1. The molecule has 1 aliphatic carbocycles. The van der Waals surface area contributed by atoms with Crippen molar-refractivity contribution in [2.45, 2.75) is 25.8 Å². The molecule has 2 rings (SSSR count). The van der Waals surface area contributed by atoms with E-state index in [-0.39, 0.29) is 12.1 Å². The van der Waals surface area contributed by atoms with Crippen molar-refractivity contribution in [2.75, 3.05) is 5.32 Å². The topological polar surface area (TPSA) is 64.9 Å². The van der Waals surface area contributed by atoms with Gasteiger partial charge in [0.2, 0.25) is 0 Å². The SMILES string of the molecule is Cc1cccc(NC(=O)NC(C#N)C2CC2)c1. The molecule has 0 heterocycles. The van der Waals surface area contributed by atoms with E-state index in [1.807, 2.05) is 31.2 Å². The van der Waals surface area contributed by atoms with Crippen LogP contribution >= 0.6 is 0 Å². The Labute approximate surface area is 101 Å². The van der Waals surface area contributed by atoms with Crippen LogP contribution in [0.4, 0.5) is 10.5 Å². The van der Waals surface area contributed by atoms with Crippen LogP contribution in [0.2, 0.25) is 0 Å². The van der Waals surface area contributed by atoms with Crippen molar-refractivity contribution in [3.8, 4) is 6.07 Å². The molecule has 1 fully saturated rings. The van der Waals surface area contributed by atoms with Crippen LogP contribution in [0, 0.1) is 24.2 Å². The molecule has 1 aromatic rings. The number of amides is 2. The lowest BCUT2D eigenvalue weighted by Crippen LogP contribution is -2.38. The van der Waals surface area contributed by atoms with Gasteiger partial charge >= 0.3 is 6.03 Å². The van der Waals surface area contributed by atoms with E-state index in [0.717, 1.165) is 24.1 Å². The minimum absolute atomic E-state index is 0.311. The Morgan fingerprint density at radius 3 is 2.88 bits per heavy atom. The van der Waals surface area contributed by atoms with Crippen molar-refractivity contribution < 1.29 is 4.79 Å². The molecule has 1 saturated carbocycles. The Hall–Kier alpha value is -2.02. The predicted octanol–water partition coefficient (Wildman–Crippen LogP) is 2.42. The van der Waals surface area contributed by atoms with Gasteiger partial charge in [0.15, 0.2) is 0 Å². The summed E-state index contributed by atoms with van der Waals surface area (Å²) in [4.78, 5) is 11.7. The molecular formula is C13H15N3O. The Morgan fingerprint density at radius 2 is 2.29 bits per heavy atom. The third-order valence-corrected chi connectivity index (χ3v) is 2.80. The lowest BCUT2D eigenvalue weighted by molar-refractivity contribution is 0.249. The van der Waals surface area contributed by atoms with Gasteiger partial charge in [0.25, 0.3) is 0 Å². The second-order valence-electron chi connectivity index (χ2n) is 4.41. The molecule has 17 heavy (non-hydrogen) atoms. The fraction of sp³-hybridized carbons (Fsp3) is 0.385. The van der Waals surface area contributed by atoms with Gasteiger partial charge in [-0.2, -0.15) is 5.26 Å². The normalized spacial score (nSPS) is 15.8. The number of hydrogen-bond acceptors (Lipinski definition) is 2. The maximum Gasteiger partial charge on any atom is 0.320 e. The molecule has 0 bridgehead atoms. The Balaban J connectivity index is 1.90. The van der Waals surface area contributed by atoms with Gasteiger partial charge in [0, 0.05) is 5.69 Å². The van der Waals surface area contributed by atoms with Gasteiger partial charge in [-0.3, -0.25) is 0 Å². The van der Waals surface area contributed by atoms with Gasteiger partial charge in [-0.1, -0.05) is 12.1 Å². The molecule has 0 aromatic heterocycles. The molecule has 0 saturated heterocycles. The summed E-state index contributed by atoms with van der Waals surface area (Å²) in [5.74, 6) is 0.336. The van der Waals surface area contributed by atoms with E-state index >= 15 is 0 Å². The summed E-state index contributed by atoms with van der Waals surface area (Å²) in [6.45, 7) is 1.96. The summed E-state index contributed by atoms with van der Waals surface area (Å²) in [6, 6.07) is 9.01. The highest BCUT2D eigenvalue weighted by atomic mass is 16.2. The van der Waals surface area contributed by atoms with E-state index in [4.69, 9.17) is 5.26 Å². The number of aryl methyl sites for hydroxylation is 1. The zero-order valence-electron chi connectivity index (χ0n) is 9.73.